The van der Waals surface area contributed by atoms with Crippen molar-refractivity contribution >= 4 is 5.91 Å². The van der Waals surface area contributed by atoms with E-state index in [1.807, 2.05) is 19.2 Å². The van der Waals surface area contributed by atoms with Crippen molar-refractivity contribution < 1.29 is 9.53 Å². The SMILES string of the molecule is CCOc1ccc(CN2C[C@@H]3CCC[C@H](C2)C(=O)N3)cn1. The van der Waals surface area contributed by atoms with Crippen LogP contribution >= 0.6 is 0 Å². The molecule has 0 spiro atoms. The van der Waals surface area contributed by atoms with E-state index in [1.165, 1.54) is 5.56 Å². The van der Waals surface area contributed by atoms with Crippen molar-refractivity contribution in [2.24, 2.45) is 5.92 Å². The summed E-state index contributed by atoms with van der Waals surface area (Å²) in [7, 11) is 0. The van der Waals surface area contributed by atoms with E-state index in [-0.39, 0.29) is 11.8 Å². The van der Waals surface area contributed by atoms with Crippen molar-refractivity contribution in [1.29, 1.82) is 0 Å². The van der Waals surface area contributed by atoms with E-state index in [2.05, 4.69) is 21.3 Å². The largest absolute Gasteiger partial charge is 0.478 e. The molecule has 1 N–H and O–H groups in total. The molecule has 1 amide bonds. The molecule has 1 aromatic rings. The second-order valence-electron chi connectivity index (χ2n) is 5.97. The zero-order valence-corrected chi connectivity index (χ0v) is 12.5. The van der Waals surface area contributed by atoms with Crippen molar-refractivity contribution in [3.8, 4) is 5.88 Å². The van der Waals surface area contributed by atoms with E-state index in [0.29, 0.717) is 18.5 Å². The standard InChI is InChI=1S/C16H23N3O2/c1-2-21-15-7-6-12(8-17-15)9-19-10-13-4-3-5-14(11-19)18-16(13)20/h6-8,13-14H,2-5,9-11H2,1H3,(H,18,20)/t13-,14+/m1/s1. The normalized spacial score (nSPS) is 26.0. The Balaban J connectivity index is 1.65. The highest BCUT2D eigenvalue weighted by molar-refractivity contribution is 5.79. The molecule has 2 atom stereocenters. The highest BCUT2D eigenvalue weighted by atomic mass is 16.5. The Morgan fingerprint density at radius 1 is 1.38 bits per heavy atom. The third kappa shape index (κ3) is 3.53. The molecule has 2 fully saturated rings. The zero-order chi connectivity index (χ0) is 14.7. The van der Waals surface area contributed by atoms with E-state index in [1.54, 1.807) is 0 Å². The second kappa shape index (κ2) is 6.43. The molecule has 2 bridgehead atoms. The fourth-order valence-electron chi connectivity index (χ4n) is 3.27. The lowest BCUT2D eigenvalue weighted by atomic mass is 9.99. The lowest BCUT2D eigenvalue weighted by molar-refractivity contribution is -0.124. The average molecular weight is 289 g/mol. The highest BCUT2D eigenvalue weighted by Gasteiger charge is 2.32. The topological polar surface area (TPSA) is 54.5 Å². The first-order valence-electron chi connectivity index (χ1n) is 7.85. The number of carbonyl (C=O) groups excluding carboxylic acids is 1. The number of nitrogens with zero attached hydrogens (tertiary/aromatic N) is 2. The molecule has 0 saturated carbocycles. The van der Waals surface area contributed by atoms with E-state index in [9.17, 15) is 4.79 Å². The van der Waals surface area contributed by atoms with Crippen LogP contribution in [0.15, 0.2) is 18.3 Å². The number of hydrogen-bond acceptors (Lipinski definition) is 4. The Morgan fingerprint density at radius 3 is 3.05 bits per heavy atom. The minimum atomic E-state index is 0.146. The number of amides is 1. The first-order chi connectivity index (χ1) is 10.2. The van der Waals surface area contributed by atoms with Gasteiger partial charge in [-0.1, -0.05) is 12.5 Å². The summed E-state index contributed by atoms with van der Waals surface area (Å²) in [4.78, 5) is 18.7. The van der Waals surface area contributed by atoms with Crippen LogP contribution in [0.5, 0.6) is 5.88 Å². The van der Waals surface area contributed by atoms with E-state index in [4.69, 9.17) is 4.74 Å². The van der Waals surface area contributed by atoms with Gasteiger partial charge in [-0.15, -0.1) is 0 Å². The molecule has 1 aromatic heterocycles. The number of hydrogen-bond donors (Lipinski definition) is 1. The maximum absolute atomic E-state index is 12.0. The Bertz CT molecular complexity index is 489. The Labute approximate surface area is 125 Å². The quantitative estimate of drug-likeness (QED) is 0.914. The third-order valence-electron chi connectivity index (χ3n) is 4.28. The van der Waals surface area contributed by atoms with Crippen molar-refractivity contribution in [3.05, 3.63) is 23.9 Å². The number of pyridine rings is 1. The molecular weight excluding hydrogens is 266 g/mol. The Kier molecular flexibility index (Phi) is 4.39. The summed E-state index contributed by atoms with van der Waals surface area (Å²) in [6.07, 6.45) is 5.15. The predicted octanol–water partition coefficient (Wildman–Crippen LogP) is 1.58. The summed E-state index contributed by atoms with van der Waals surface area (Å²) in [5, 5.41) is 3.17. The average Bonchev–Trinajstić information content (AvgIpc) is 2.70. The van der Waals surface area contributed by atoms with Crippen LogP contribution in [0, 0.1) is 5.92 Å². The summed E-state index contributed by atoms with van der Waals surface area (Å²) in [6.45, 7) is 5.23. The Morgan fingerprint density at radius 2 is 2.29 bits per heavy atom. The molecule has 5 heteroatoms. The van der Waals surface area contributed by atoms with Gasteiger partial charge < -0.3 is 10.1 Å². The van der Waals surface area contributed by atoms with E-state index >= 15 is 0 Å². The summed E-state index contributed by atoms with van der Waals surface area (Å²) < 4.78 is 5.37. The molecule has 3 rings (SSSR count). The van der Waals surface area contributed by atoms with Crippen LogP contribution in [0.3, 0.4) is 0 Å². The van der Waals surface area contributed by atoms with Gasteiger partial charge in [-0.2, -0.15) is 0 Å². The summed E-state index contributed by atoms with van der Waals surface area (Å²) in [5.41, 5.74) is 1.17. The van der Waals surface area contributed by atoms with Gasteiger partial charge in [-0.25, -0.2) is 4.98 Å². The molecule has 2 aliphatic heterocycles. The molecule has 2 saturated heterocycles. The number of nitrogens with one attached hydrogen (secondary N) is 1. The molecule has 0 unspecified atom stereocenters. The van der Waals surface area contributed by atoms with Crippen LogP contribution in [0.4, 0.5) is 0 Å². The monoisotopic (exact) mass is 289 g/mol. The fourth-order valence-corrected chi connectivity index (χ4v) is 3.27. The maximum Gasteiger partial charge on any atom is 0.224 e. The number of likely N-dealkylation sites (tertiary alicyclic amines) is 1. The minimum Gasteiger partial charge on any atom is -0.478 e. The van der Waals surface area contributed by atoms with Crippen LogP contribution in [0.1, 0.15) is 31.7 Å². The van der Waals surface area contributed by atoms with Gasteiger partial charge in [-0.3, -0.25) is 9.69 Å². The third-order valence-corrected chi connectivity index (χ3v) is 4.28. The van der Waals surface area contributed by atoms with Crippen LogP contribution in [0.2, 0.25) is 0 Å². The number of carbonyl (C=O) groups is 1. The maximum atomic E-state index is 12.0. The summed E-state index contributed by atoms with van der Waals surface area (Å²) >= 11 is 0. The van der Waals surface area contributed by atoms with Crippen LogP contribution in [-0.2, 0) is 11.3 Å². The molecule has 2 aliphatic rings. The molecule has 114 valence electrons. The number of ether oxygens (including phenoxy) is 1. The van der Waals surface area contributed by atoms with Gasteiger partial charge in [-0.05, 0) is 25.3 Å². The van der Waals surface area contributed by atoms with Gasteiger partial charge in [0.25, 0.3) is 0 Å². The van der Waals surface area contributed by atoms with Crippen molar-refractivity contribution in [1.82, 2.24) is 15.2 Å². The smallest absolute Gasteiger partial charge is 0.224 e. The van der Waals surface area contributed by atoms with E-state index < -0.39 is 0 Å². The lowest BCUT2D eigenvalue weighted by Gasteiger charge is -2.27. The molecule has 5 nitrogen and oxygen atoms in total. The van der Waals surface area contributed by atoms with Crippen molar-refractivity contribution in [2.45, 2.75) is 38.8 Å². The minimum absolute atomic E-state index is 0.146. The Hall–Kier alpha value is -1.62. The van der Waals surface area contributed by atoms with Gasteiger partial charge in [0.2, 0.25) is 11.8 Å². The molecular formula is C16H23N3O2. The van der Waals surface area contributed by atoms with Crippen LogP contribution in [0.25, 0.3) is 0 Å². The van der Waals surface area contributed by atoms with Crippen LogP contribution < -0.4 is 10.1 Å². The number of aromatic nitrogens is 1. The molecule has 0 aliphatic carbocycles. The fraction of sp³-hybridized carbons (Fsp3) is 0.625. The molecule has 3 heterocycles. The van der Waals surface area contributed by atoms with Gasteiger partial charge in [0.05, 0.1) is 12.5 Å². The van der Waals surface area contributed by atoms with Gasteiger partial charge in [0.15, 0.2) is 0 Å². The number of fused-ring (bicyclic) bond motifs is 3. The predicted molar refractivity (Wildman–Crippen MR) is 80.0 cm³/mol. The lowest BCUT2D eigenvalue weighted by Crippen LogP contribution is -2.38. The summed E-state index contributed by atoms with van der Waals surface area (Å²) in [6, 6.07) is 4.29. The van der Waals surface area contributed by atoms with Crippen LogP contribution in [-0.4, -0.2) is 41.5 Å². The van der Waals surface area contributed by atoms with Gasteiger partial charge in [0.1, 0.15) is 0 Å². The number of rotatable bonds is 4. The first-order valence-corrected chi connectivity index (χ1v) is 7.85. The molecule has 0 radical (unpaired) electrons. The zero-order valence-electron chi connectivity index (χ0n) is 12.5. The second-order valence-corrected chi connectivity index (χ2v) is 5.97. The molecule has 0 aromatic carbocycles. The first kappa shape index (κ1) is 14.3. The molecule has 21 heavy (non-hydrogen) atoms. The van der Waals surface area contributed by atoms with Crippen molar-refractivity contribution in [2.75, 3.05) is 19.7 Å². The van der Waals surface area contributed by atoms with Gasteiger partial charge >= 0.3 is 0 Å². The van der Waals surface area contributed by atoms with Gasteiger partial charge in [0, 0.05) is 37.9 Å². The summed E-state index contributed by atoms with van der Waals surface area (Å²) in [5.74, 6) is 1.06. The van der Waals surface area contributed by atoms with E-state index in [0.717, 1.165) is 38.9 Å². The highest BCUT2D eigenvalue weighted by Crippen LogP contribution is 2.23. The van der Waals surface area contributed by atoms with Crippen molar-refractivity contribution in [3.63, 3.8) is 0 Å².